The Hall–Kier alpha value is -3.61. The molecule has 1 aromatic carbocycles. The first-order valence-electron chi connectivity index (χ1n) is 8.82. The maximum absolute atomic E-state index is 15.0. The van der Waals surface area contributed by atoms with Gasteiger partial charge in [-0.2, -0.15) is 9.83 Å². The summed E-state index contributed by atoms with van der Waals surface area (Å²) in [5, 5.41) is 16.7. The molecule has 0 atom stereocenters. The van der Waals surface area contributed by atoms with Crippen molar-refractivity contribution in [1.29, 1.82) is 0 Å². The third-order valence-electron chi connectivity index (χ3n) is 4.61. The molecule has 0 saturated carbocycles. The van der Waals surface area contributed by atoms with Crippen LogP contribution in [0.4, 0.5) is 4.39 Å². The highest BCUT2D eigenvalue weighted by Gasteiger charge is 2.17. The maximum Gasteiger partial charge on any atom is 0.190 e. The minimum Gasteiger partial charge on any atom is -0.619 e. The molecule has 0 aliphatic carbocycles. The molecular weight excluding hydrogens is 359 g/mol. The van der Waals surface area contributed by atoms with Crippen molar-refractivity contribution in [2.45, 2.75) is 13.3 Å². The van der Waals surface area contributed by atoms with E-state index in [1.54, 1.807) is 55.3 Å². The van der Waals surface area contributed by atoms with Crippen molar-refractivity contribution in [2.24, 2.45) is 7.05 Å². The number of halogens is 1. The Labute approximate surface area is 160 Å². The average molecular weight is 376 g/mol. The predicted octanol–water partition coefficient (Wildman–Crippen LogP) is 3.67. The van der Waals surface area contributed by atoms with Gasteiger partial charge < -0.3 is 5.21 Å². The summed E-state index contributed by atoms with van der Waals surface area (Å²) in [4.78, 5) is 16.4. The Morgan fingerprint density at radius 1 is 1.18 bits per heavy atom. The fourth-order valence-corrected chi connectivity index (χ4v) is 3.17. The second-order valence-electron chi connectivity index (χ2n) is 6.54. The number of benzene rings is 1. The minimum atomic E-state index is -0.483. The first-order chi connectivity index (χ1) is 13.5. The van der Waals surface area contributed by atoms with Crippen LogP contribution >= 0.6 is 0 Å². The molecule has 0 aliphatic heterocycles. The van der Waals surface area contributed by atoms with Crippen molar-refractivity contribution in [3.8, 4) is 22.3 Å². The molecule has 0 amide bonds. The second kappa shape index (κ2) is 6.84. The Balaban J connectivity index is 1.89. The van der Waals surface area contributed by atoms with Gasteiger partial charge in [-0.1, -0.05) is 19.1 Å². The fourth-order valence-electron chi connectivity index (χ4n) is 3.17. The number of pyridine rings is 2. The minimum absolute atomic E-state index is 0.112. The molecule has 0 aliphatic rings. The van der Waals surface area contributed by atoms with Crippen LogP contribution < -0.4 is 4.73 Å². The van der Waals surface area contributed by atoms with Crippen molar-refractivity contribution in [3.05, 3.63) is 71.8 Å². The molecule has 7 heteroatoms. The van der Waals surface area contributed by atoms with E-state index in [9.17, 15) is 14.4 Å². The molecule has 0 bridgehead atoms. The highest BCUT2D eigenvalue weighted by Crippen LogP contribution is 2.31. The van der Waals surface area contributed by atoms with E-state index in [2.05, 4.69) is 10.1 Å². The van der Waals surface area contributed by atoms with Crippen LogP contribution in [0.1, 0.15) is 23.8 Å². The van der Waals surface area contributed by atoms with Gasteiger partial charge in [-0.25, -0.2) is 9.37 Å². The van der Waals surface area contributed by atoms with Gasteiger partial charge in [-0.05, 0) is 23.8 Å². The monoisotopic (exact) mass is 376 g/mol. The van der Waals surface area contributed by atoms with Crippen LogP contribution in [0.5, 0.6) is 0 Å². The smallest absolute Gasteiger partial charge is 0.190 e. The summed E-state index contributed by atoms with van der Waals surface area (Å²) in [5.74, 6) is -0.595. The van der Waals surface area contributed by atoms with Gasteiger partial charge in [0.25, 0.3) is 0 Å². The molecule has 4 rings (SSSR count). The summed E-state index contributed by atoms with van der Waals surface area (Å²) in [7, 11) is 1.79. The van der Waals surface area contributed by atoms with E-state index in [-0.39, 0.29) is 11.3 Å². The van der Waals surface area contributed by atoms with Crippen molar-refractivity contribution < 1.29 is 13.9 Å². The van der Waals surface area contributed by atoms with E-state index in [0.717, 1.165) is 5.56 Å². The van der Waals surface area contributed by atoms with Crippen LogP contribution in [-0.4, -0.2) is 20.5 Å². The van der Waals surface area contributed by atoms with E-state index in [1.165, 1.54) is 18.5 Å². The molecule has 0 fully saturated rings. The van der Waals surface area contributed by atoms with E-state index in [4.69, 9.17) is 0 Å². The number of Topliss-reactive ketones (excluding diaryl/α,β-unsaturated/α-hetero) is 1. The zero-order chi connectivity index (χ0) is 19.8. The molecule has 3 aromatic heterocycles. The van der Waals surface area contributed by atoms with Gasteiger partial charge in [0, 0.05) is 30.8 Å². The third kappa shape index (κ3) is 3.11. The lowest BCUT2D eigenvalue weighted by atomic mass is 10.00. The van der Waals surface area contributed by atoms with Crippen molar-refractivity contribution in [2.75, 3.05) is 0 Å². The topological polar surface area (TPSA) is 74.7 Å². The lowest BCUT2D eigenvalue weighted by molar-refractivity contribution is -0.603. The number of rotatable bonds is 4. The first kappa shape index (κ1) is 17.8. The lowest BCUT2D eigenvalue weighted by Gasteiger charge is -2.09. The SMILES string of the molecule is CCC(=O)c1ccc2c[n+]([O-])cc(-c3ccc(-c4cnn(C)c4)cc3F)c2n1. The standard InChI is InChI=1S/C21H17FN4O2/c1-3-20(27)19-7-5-14-11-26(28)12-17(21(14)24-19)16-6-4-13(8-18(16)22)15-9-23-25(2)10-15/h4-12H,3H2,1-2H3. The zero-order valence-electron chi connectivity index (χ0n) is 15.4. The summed E-state index contributed by atoms with van der Waals surface area (Å²) >= 11 is 0. The molecule has 0 saturated heterocycles. The number of hydrogen-bond acceptors (Lipinski definition) is 4. The fraction of sp³-hybridized carbons (Fsp3) is 0.143. The maximum atomic E-state index is 15.0. The highest BCUT2D eigenvalue weighted by molar-refractivity contribution is 5.99. The lowest BCUT2D eigenvalue weighted by Crippen LogP contribution is -2.25. The second-order valence-corrected chi connectivity index (χ2v) is 6.54. The van der Waals surface area contributed by atoms with Crippen LogP contribution in [0.15, 0.2) is 55.1 Å². The molecule has 0 radical (unpaired) electrons. The quantitative estimate of drug-likeness (QED) is 0.309. The molecule has 4 aromatic rings. The number of carbonyl (C=O) groups excluding carboxylic acids is 1. The third-order valence-corrected chi connectivity index (χ3v) is 4.61. The number of hydrogen-bond donors (Lipinski definition) is 0. The van der Waals surface area contributed by atoms with E-state index >= 15 is 0 Å². The van der Waals surface area contributed by atoms with E-state index in [1.807, 2.05) is 0 Å². The molecule has 140 valence electrons. The van der Waals surface area contributed by atoms with Gasteiger partial charge >= 0.3 is 0 Å². The summed E-state index contributed by atoms with van der Waals surface area (Å²) in [6, 6.07) is 8.03. The zero-order valence-corrected chi connectivity index (χ0v) is 15.4. The molecule has 0 unspecified atom stereocenters. The summed E-state index contributed by atoms with van der Waals surface area (Å²) in [5.41, 5.74) is 2.77. The van der Waals surface area contributed by atoms with Crippen molar-refractivity contribution >= 4 is 16.7 Å². The van der Waals surface area contributed by atoms with Gasteiger partial charge in [0.15, 0.2) is 18.2 Å². The van der Waals surface area contributed by atoms with Gasteiger partial charge in [0.1, 0.15) is 11.5 Å². The molecule has 28 heavy (non-hydrogen) atoms. The van der Waals surface area contributed by atoms with Crippen LogP contribution in [0, 0.1) is 11.0 Å². The first-order valence-corrected chi connectivity index (χ1v) is 8.82. The number of aromatic nitrogens is 4. The molecular formula is C21H17FN4O2. The number of fused-ring (bicyclic) bond motifs is 1. The Kier molecular flexibility index (Phi) is 4.35. The van der Waals surface area contributed by atoms with Crippen molar-refractivity contribution in [1.82, 2.24) is 14.8 Å². The summed E-state index contributed by atoms with van der Waals surface area (Å²) in [6.07, 6.45) is 6.40. The van der Waals surface area contributed by atoms with E-state index in [0.29, 0.717) is 38.9 Å². The molecule has 6 nitrogen and oxygen atoms in total. The summed E-state index contributed by atoms with van der Waals surface area (Å²) < 4.78 is 17.2. The molecule has 3 heterocycles. The molecule has 0 N–H and O–H groups in total. The Morgan fingerprint density at radius 2 is 2.00 bits per heavy atom. The number of carbonyl (C=O) groups is 1. The van der Waals surface area contributed by atoms with Crippen LogP contribution in [0.2, 0.25) is 0 Å². The van der Waals surface area contributed by atoms with Crippen molar-refractivity contribution in [3.63, 3.8) is 0 Å². The normalized spacial score (nSPS) is 11.1. The number of aryl methyl sites for hydroxylation is 1. The van der Waals surface area contributed by atoms with Gasteiger partial charge in [-0.3, -0.25) is 9.48 Å². The predicted molar refractivity (Wildman–Crippen MR) is 103 cm³/mol. The largest absolute Gasteiger partial charge is 0.619 e. The van der Waals surface area contributed by atoms with E-state index < -0.39 is 5.82 Å². The van der Waals surface area contributed by atoms with Crippen LogP contribution in [0.25, 0.3) is 33.2 Å². The van der Waals surface area contributed by atoms with Crippen LogP contribution in [-0.2, 0) is 7.05 Å². The number of nitrogens with zero attached hydrogens (tertiary/aromatic N) is 4. The van der Waals surface area contributed by atoms with Crippen LogP contribution in [0.3, 0.4) is 0 Å². The molecule has 0 spiro atoms. The number of ketones is 1. The van der Waals surface area contributed by atoms with Gasteiger partial charge in [0.05, 0.1) is 22.7 Å². The average Bonchev–Trinajstić information content (AvgIpc) is 3.12. The highest BCUT2D eigenvalue weighted by atomic mass is 19.1. The summed E-state index contributed by atoms with van der Waals surface area (Å²) in [6.45, 7) is 1.75. The van der Waals surface area contributed by atoms with Gasteiger partial charge in [0.2, 0.25) is 0 Å². The Bertz CT molecular complexity index is 1220. The Morgan fingerprint density at radius 3 is 2.68 bits per heavy atom. The van der Waals surface area contributed by atoms with Gasteiger partial charge in [-0.15, -0.1) is 0 Å².